The SMILES string of the molecule is CCOC(=O)C1=C(C)N=c2s/c(=C\c3cc(OC)c(O)c(Br)c3Br)c(=O)n2[C@@H]1c1ccc(OCC(=O)OC)c(OCC)c1. The number of nitrogens with zero attached hydrogens (tertiary/aromatic N) is 2. The number of benzene rings is 2. The highest BCUT2D eigenvalue weighted by atomic mass is 79.9. The monoisotopic (exact) mass is 738 g/mol. The van der Waals surface area contributed by atoms with E-state index < -0.39 is 23.5 Å². The Morgan fingerprint density at radius 1 is 1.07 bits per heavy atom. The van der Waals surface area contributed by atoms with E-state index in [0.717, 1.165) is 11.3 Å². The summed E-state index contributed by atoms with van der Waals surface area (Å²) in [5, 5.41) is 10.3. The number of ether oxygens (including phenoxy) is 5. The zero-order chi connectivity index (χ0) is 31.4. The molecule has 4 rings (SSSR count). The number of phenols is 1. The predicted octanol–water partition coefficient (Wildman–Crippen LogP) is 3.99. The van der Waals surface area contributed by atoms with Crippen LogP contribution >= 0.6 is 43.2 Å². The second-order valence-corrected chi connectivity index (χ2v) is 11.5. The molecule has 1 aliphatic rings. The number of methoxy groups -OCH3 is 2. The third-order valence-corrected chi connectivity index (χ3v) is 9.50. The highest BCUT2D eigenvalue weighted by Gasteiger charge is 2.34. The van der Waals surface area contributed by atoms with Gasteiger partial charge in [-0.25, -0.2) is 14.6 Å². The molecule has 0 unspecified atom stereocenters. The summed E-state index contributed by atoms with van der Waals surface area (Å²) < 4.78 is 29.3. The minimum atomic E-state index is -0.907. The number of halogens is 2. The maximum absolute atomic E-state index is 14.0. The quantitative estimate of drug-likeness (QED) is 0.307. The van der Waals surface area contributed by atoms with Crippen molar-refractivity contribution in [2.75, 3.05) is 34.0 Å². The van der Waals surface area contributed by atoms with E-state index in [1.165, 1.54) is 18.8 Å². The van der Waals surface area contributed by atoms with Crippen LogP contribution in [0, 0.1) is 0 Å². The van der Waals surface area contributed by atoms with Crippen molar-refractivity contribution in [3.8, 4) is 23.0 Å². The summed E-state index contributed by atoms with van der Waals surface area (Å²) in [6.07, 6.45) is 1.65. The predicted molar refractivity (Wildman–Crippen MR) is 166 cm³/mol. The van der Waals surface area contributed by atoms with Crippen LogP contribution < -0.4 is 29.1 Å². The van der Waals surface area contributed by atoms with Gasteiger partial charge in [0.25, 0.3) is 5.56 Å². The summed E-state index contributed by atoms with van der Waals surface area (Å²) in [6, 6.07) is 5.64. The molecule has 0 fully saturated rings. The van der Waals surface area contributed by atoms with Crippen LogP contribution in [-0.4, -0.2) is 55.7 Å². The first-order chi connectivity index (χ1) is 20.6. The Morgan fingerprint density at radius 3 is 2.47 bits per heavy atom. The number of aromatic nitrogens is 1. The van der Waals surface area contributed by atoms with Crippen molar-refractivity contribution in [1.82, 2.24) is 4.57 Å². The van der Waals surface area contributed by atoms with Crippen molar-refractivity contribution in [2.24, 2.45) is 4.99 Å². The van der Waals surface area contributed by atoms with Gasteiger partial charge in [0.05, 0.1) is 53.8 Å². The lowest BCUT2D eigenvalue weighted by Crippen LogP contribution is -2.40. The van der Waals surface area contributed by atoms with Gasteiger partial charge in [-0.15, -0.1) is 0 Å². The average Bonchev–Trinajstić information content (AvgIpc) is 3.29. The Morgan fingerprint density at radius 2 is 1.81 bits per heavy atom. The molecule has 2 aromatic carbocycles. The van der Waals surface area contributed by atoms with E-state index in [2.05, 4.69) is 41.6 Å². The van der Waals surface area contributed by atoms with E-state index in [0.29, 0.717) is 53.2 Å². The number of aromatic hydroxyl groups is 1. The van der Waals surface area contributed by atoms with Crippen molar-refractivity contribution < 1.29 is 38.4 Å². The van der Waals surface area contributed by atoms with Crippen molar-refractivity contribution in [2.45, 2.75) is 26.8 Å². The summed E-state index contributed by atoms with van der Waals surface area (Å²) in [7, 11) is 2.69. The Balaban J connectivity index is 1.94. The van der Waals surface area contributed by atoms with Crippen LogP contribution in [0.25, 0.3) is 6.08 Å². The van der Waals surface area contributed by atoms with Gasteiger partial charge in [-0.05, 0) is 88.0 Å². The third-order valence-electron chi connectivity index (χ3n) is 6.35. The van der Waals surface area contributed by atoms with E-state index in [1.54, 1.807) is 51.1 Å². The van der Waals surface area contributed by atoms with Crippen molar-refractivity contribution in [3.63, 3.8) is 0 Å². The number of hydrogen-bond acceptors (Lipinski definition) is 11. The molecule has 43 heavy (non-hydrogen) atoms. The minimum Gasteiger partial charge on any atom is -0.503 e. The van der Waals surface area contributed by atoms with E-state index in [1.807, 2.05) is 0 Å². The first-order valence-electron chi connectivity index (χ1n) is 13.0. The van der Waals surface area contributed by atoms with E-state index in [9.17, 15) is 19.5 Å². The van der Waals surface area contributed by atoms with Gasteiger partial charge in [-0.2, -0.15) is 0 Å². The van der Waals surface area contributed by atoms with E-state index in [4.69, 9.17) is 18.9 Å². The second kappa shape index (κ2) is 13.8. The molecule has 0 amide bonds. The molecule has 1 aromatic heterocycles. The molecule has 3 aromatic rings. The van der Waals surface area contributed by atoms with Gasteiger partial charge in [0, 0.05) is 4.47 Å². The fourth-order valence-corrected chi connectivity index (χ4v) is 6.28. The summed E-state index contributed by atoms with van der Waals surface area (Å²) >= 11 is 7.95. The molecule has 1 atom stereocenters. The van der Waals surface area contributed by atoms with Gasteiger partial charge >= 0.3 is 11.9 Å². The Hall–Kier alpha value is -3.62. The van der Waals surface area contributed by atoms with Crippen LogP contribution in [0.1, 0.15) is 37.9 Å². The number of carbonyl (C=O) groups excluding carboxylic acids is 2. The zero-order valence-corrected chi connectivity index (χ0v) is 27.8. The Labute approximate surface area is 267 Å². The normalized spacial score (nSPS) is 14.6. The number of esters is 2. The fourth-order valence-electron chi connectivity index (χ4n) is 4.40. The smallest absolute Gasteiger partial charge is 0.343 e. The lowest BCUT2D eigenvalue weighted by molar-refractivity contribution is -0.143. The molecule has 2 heterocycles. The molecular weight excluding hydrogens is 712 g/mol. The van der Waals surface area contributed by atoms with E-state index >= 15 is 0 Å². The number of hydrogen-bond donors (Lipinski definition) is 1. The van der Waals surface area contributed by atoms with Crippen LogP contribution in [0.5, 0.6) is 23.0 Å². The van der Waals surface area contributed by atoms with Crippen LogP contribution in [0.4, 0.5) is 0 Å². The maximum Gasteiger partial charge on any atom is 0.343 e. The third kappa shape index (κ3) is 6.50. The molecule has 1 N–H and O–H groups in total. The molecule has 228 valence electrons. The molecule has 0 spiro atoms. The summed E-state index contributed by atoms with van der Waals surface area (Å²) in [5.74, 6) is -0.446. The Bertz CT molecular complexity index is 1800. The van der Waals surface area contributed by atoms with Gasteiger partial charge in [0.15, 0.2) is 34.4 Å². The number of thiazole rings is 1. The minimum absolute atomic E-state index is 0.0909. The number of carbonyl (C=O) groups is 2. The molecule has 14 heteroatoms. The summed E-state index contributed by atoms with van der Waals surface area (Å²) in [6.45, 7) is 5.27. The molecule has 0 saturated heterocycles. The topological polar surface area (TPSA) is 135 Å². The molecular formula is C29H28Br2N2O9S. The largest absolute Gasteiger partial charge is 0.503 e. The van der Waals surface area contributed by atoms with E-state index in [-0.39, 0.29) is 30.3 Å². The van der Waals surface area contributed by atoms with Crippen LogP contribution in [-0.2, 0) is 19.1 Å². The molecule has 1 aliphatic heterocycles. The molecule has 11 nitrogen and oxygen atoms in total. The molecule has 0 aliphatic carbocycles. The standard InChI is InChI=1S/C29H28Br2N2O9S/c1-6-40-18-10-15(8-9-17(18)42-13-21(34)39-5)25-22(28(37)41-7-2)14(3)32-29-33(25)27(36)20(43-29)12-16-11-19(38-4)26(35)24(31)23(16)30/h8-12,25,35H,6-7,13H2,1-5H3/b20-12-/t25-/m1/s1. The lowest BCUT2D eigenvalue weighted by Gasteiger charge is -2.25. The van der Waals surface area contributed by atoms with Crippen LogP contribution in [0.3, 0.4) is 0 Å². The first kappa shape index (κ1) is 32.3. The van der Waals surface area contributed by atoms with Gasteiger partial charge in [-0.1, -0.05) is 17.4 Å². The van der Waals surface area contributed by atoms with Crippen molar-refractivity contribution in [3.05, 3.63) is 75.3 Å². The highest BCUT2D eigenvalue weighted by molar-refractivity contribution is 9.13. The zero-order valence-electron chi connectivity index (χ0n) is 23.9. The fraction of sp³-hybridized carbons (Fsp3) is 0.310. The molecule has 0 radical (unpaired) electrons. The average molecular weight is 740 g/mol. The maximum atomic E-state index is 14.0. The summed E-state index contributed by atoms with van der Waals surface area (Å²) in [5.41, 5.74) is 1.30. The van der Waals surface area contributed by atoms with Crippen LogP contribution in [0.15, 0.2) is 54.3 Å². The highest BCUT2D eigenvalue weighted by Crippen LogP contribution is 2.42. The summed E-state index contributed by atoms with van der Waals surface area (Å²) in [4.78, 5) is 43.9. The number of allylic oxidation sites excluding steroid dienone is 1. The number of fused-ring (bicyclic) bond motifs is 1. The first-order valence-corrected chi connectivity index (χ1v) is 15.4. The number of phenolic OH excluding ortho intramolecular Hbond substituents is 1. The molecule has 0 saturated carbocycles. The van der Waals surface area contributed by atoms with Gasteiger partial charge in [0.2, 0.25) is 0 Å². The van der Waals surface area contributed by atoms with Crippen molar-refractivity contribution in [1.29, 1.82) is 0 Å². The van der Waals surface area contributed by atoms with Crippen LogP contribution in [0.2, 0.25) is 0 Å². The van der Waals surface area contributed by atoms with Crippen molar-refractivity contribution >= 4 is 61.2 Å². The second-order valence-electron chi connectivity index (χ2n) is 8.95. The molecule has 0 bridgehead atoms. The van der Waals surface area contributed by atoms with Gasteiger partial charge in [0.1, 0.15) is 0 Å². The number of rotatable bonds is 10. The van der Waals surface area contributed by atoms with Gasteiger partial charge < -0.3 is 28.8 Å². The Kier molecular flexibility index (Phi) is 10.4. The lowest BCUT2D eigenvalue weighted by atomic mass is 9.95. The van der Waals surface area contributed by atoms with Gasteiger partial charge in [-0.3, -0.25) is 9.36 Å².